The smallest absolute Gasteiger partial charge is 0.265 e. The van der Waals surface area contributed by atoms with Gasteiger partial charge in [-0.1, -0.05) is 78.9 Å². The van der Waals surface area contributed by atoms with Gasteiger partial charge in [-0.2, -0.15) is 0 Å². The first kappa shape index (κ1) is 17.9. The number of benzene rings is 3. The number of hydrogen-bond donors (Lipinski definition) is 1. The van der Waals surface area contributed by atoms with E-state index in [-0.39, 0.29) is 5.91 Å². The van der Waals surface area contributed by atoms with E-state index in [0.29, 0.717) is 5.56 Å². The van der Waals surface area contributed by atoms with Crippen LogP contribution in [0.25, 0.3) is 0 Å². The van der Waals surface area contributed by atoms with Crippen LogP contribution in [0.1, 0.15) is 21.5 Å². The third kappa shape index (κ3) is 5.57. The van der Waals surface area contributed by atoms with E-state index in [1.54, 1.807) is 0 Å². The molecule has 3 heteroatoms. The summed E-state index contributed by atoms with van der Waals surface area (Å²) < 4.78 is 0. The van der Waals surface area contributed by atoms with Crippen LogP contribution in [0.3, 0.4) is 0 Å². The van der Waals surface area contributed by atoms with E-state index < -0.39 is 0 Å². The van der Waals surface area contributed by atoms with Crippen LogP contribution in [-0.4, -0.2) is 24.0 Å². The SMILES string of the molecule is O=C(NN(CCc1ccccc1)CCc1ccccc1)c1ccccc1. The molecule has 0 radical (unpaired) electrons. The van der Waals surface area contributed by atoms with Crippen LogP contribution in [-0.2, 0) is 12.8 Å². The van der Waals surface area contributed by atoms with Gasteiger partial charge >= 0.3 is 0 Å². The fourth-order valence-corrected chi connectivity index (χ4v) is 2.84. The maximum atomic E-state index is 12.5. The number of carbonyl (C=O) groups is 1. The molecule has 3 aromatic rings. The van der Waals surface area contributed by atoms with E-state index >= 15 is 0 Å². The highest BCUT2D eigenvalue weighted by atomic mass is 16.2. The minimum atomic E-state index is -0.0632. The van der Waals surface area contributed by atoms with Gasteiger partial charge in [-0.3, -0.25) is 10.2 Å². The first-order valence-corrected chi connectivity index (χ1v) is 9.00. The Morgan fingerprint density at radius 1 is 0.654 bits per heavy atom. The lowest BCUT2D eigenvalue weighted by Gasteiger charge is -2.23. The van der Waals surface area contributed by atoms with Crippen LogP contribution in [0, 0.1) is 0 Å². The predicted octanol–water partition coefficient (Wildman–Crippen LogP) is 4.12. The standard InChI is InChI=1S/C23H24N2O/c26-23(22-14-8-3-9-15-22)24-25(18-16-20-10-4-1-5-11-20)19-17-21-12-6-2-7-13-21/h1-15H,16-19H2,(H,24,26). The van der Waals surface area contributed by atoms with E-state index in [0.717, 1.165) is 25.9 Å². The number of hydrogen-bond acceptors (Lipinski definition) is 2. The van der Waals surface area contributed by atoms with Crippen molar-refractivity contribution in [3.05, 3.63) is 108 Å². The van der Waals surface area contributed by atoms with E-state index in [1.807, 2.05) is 71.7 Å². The Balaban J connectivity index is 1.63. The lowest BCUT2D eigenvalue weighted by molar-refractivity contribution is 0.0791. The summed E-state index contributed by atoms with van der Waals surface area (Å²) in [4.78, 5) is 12.5. The van der Waals surface area contributed by atoms with Gasteiger partial charge in [0.1, 0.15) is 0 Å². The molecule has 0 atom stereocenters. The molecule has 0 aromatic heterocycles. The quantitative estimate of drug-likeness (QED) is 0.624. The topological polar surface area (TPSA) is 32.3 Å². The van der Waals surface area contributed by atoms with E-state index in [4.69, 9.17) is 0 Å². The molecule has 3 rings (SSSR count). The van der Waals surface area contributed by atoms with Crippen molar-refractivity contribution in [2.45, 2.75) is 12.8 Å². The molecule has 0 saturated heterocycles. The fourth-order valence-electron chi connectivity index (χ4n) is 2.84. The minimum Gasteiger partial charge on any atom is -0.285 e. The van der Waals surface area contributed by atoms with Crippen molar-refractivity contribution < 1.29 is 4.79 Å². The second kappa shape index (κ2) is 9.54. The Labute approximate surface area is 155 Å². The molecule has 1 amide bonds. The van der Waals surface area contributed by atoms with Gasteiger partial charge in [-0.15, -0.1) is 0 Å². The third-order valence-electron chi connectivity index (χ3n) is 4.32. The number of carbonyl (C=O) groups excluding carboxylic acids is 1. The van der Waals surface area contributed by atoms with Crippen molar-refractivity contribution in [1.82, 2.24) is 10.4 Å². The first-order valence-electron chi connectivity index (χ1n) is 9.00. The number of nitrogens with zero attached hydrogens (tertiary/aromatic N) is 1. The van der Waals surface area contributed by atoms with Crippen molar-refractivity contribution in [2.24, 2.45) is 0 Å². The van der Waals surface area contributed by atoms with Crippen molar-refractivity contribution in [3.8, 4) is 0 Å². The Morgan fingerprint density at radius 2 is 1.08 bits per heavy atom. The molecule has 0 saturated carbocycles. The molecule has 3 aromatic carbocycles. The molecule has 132 valence electrons. The normalized spacial score (nSPS) is 10.7. The van der Waals surface area contributed by atoms with Gasteiger partial charge in [-0.25, -0.2) is 5.01 Å². The summed E-state index contributed by atoms with van der Waals surface area (Å²) in [6.45, 7) is 1.55. The van der Waals surface area contributed by atoms with Crippen LogP contribution in [0.4, 0.5) is 0 Å². The van der Waals surface area contributed by atoms with Gasteiger partial charge in [0.25, 0.3) is 5.91 Å². The van der Waals surface area contributed by atoms with Gasteiger partial charge < -0.3 is 0 Å². The Kier molecular flexibility index (Phi) is 6.57. The Hall–Kier alpha value is -2.91. The molecule has 0 heterocycles. The van der Waals surface area contributed by atoms with E-state index in [9.17, 15) is 4.79 Å². The summed E-state index contributed by atoms with van der Waals surface area (Å²) >= 11 is 0. The summed E-state index contributed by atoms with van der Waals surface area (Å²) in [5, 5.41) is 2.02. The molecule has 0 fully saturated rings. The van der Waals surface area contributed by atoms with Crippen LogP contribution < -0.4 is 5.43 Å². The van der Waals surface area contributed by atoms with Crippen LogP contribution >= 0.6 is 0 Å². The highest BCUT2D eigenvalue weighted by Gasteiger charge is 2.11. The molecular formula is C23H24N2O. The minimum absolute atomic E-state index is 0.0632. The molecule has 26 heavy (non-hydrogen) atoms. The first-order chi connectivity index (χ1) is 12.8. The summed E-state index contributed by atoms with van der Waals surface area (Å²) in [7, 11) is 0. The maximum Gasteiger partial charge on any atom is 0.265 e. The van der Waals surface area contributed by atoms with Gasteiger partial charge in [-0.05, 0) is 36.1 Å². The van der Waals surface area contributed by atoms with Gasteiger partial charge in [0.05, 0.1) is 0 Å². The van der Waals surface area contributed by atoms with Crippen molar-refractivity contribution in [2.75, 3.05) is 13.1 Å². The average molecular weight is 344 g/mol. The monoisotopic (exact) mass is 344 g/mol. The summed E-state index contributed by atoms with van der Waals surface area (Å²) in [5.41, 5.74) is 6.29. The van der Waals surface area contributed by atoms with Crippen molar-refractivity contribution >= 4 is 5.91 Å². The molecule has 3 nitrogen and oxygen atoms in total. The van der Waals surface area contributed by atoms with Gasteiger partial charge in [0.2, 0.25) is 0 Å². The molecule has 0 bridgehead atoms. The molecule has 0 aliphatic carbocycles. The van der Waals surface area contributed by atoms with Crippen molar-refractivity contribution in [1.29, 1.82) is 0 Å². The highest BCUT2D eigenvalue weighted by Crippen LogP contribution is 2.05. The lowest BCUT2D eigenvalue weighted by atomic mass is 10.1. The maximum absolute atomic E-state index is 12.5. The van der Waals surface area contributed by atoms with Crippen LogP contribution in [0.15, 0.2) is 91.0 Å². The second-order valence-electron chi connectivity index (χ2n) is 6.27. The Morgan fingerprint density at radius 3 is 1.54 bits per heavy atom. The summed E-state index contributed by atoms with van der Waals surface area (Å²) in [5.74, 6) is -0.0632. The summed E-state index contributed by atoms with van der Waals surface area (Å²) in [6.07, 6.45) is 1.79. The van der Waals surface area contributed by atoms with E-state index in [1.165, 1.54) is 11.1 Å². The fraction of sp³-hybridized carbons (Fsp3) is 0.174. The third-order valence-corrected chi connectivity index (χ3v) is 4.32. The summed E-state index contributed by atoms with van der Waals surface area (Å²) in [6, 6.07) is 30.1. The lowest BCUT2D eigenvalue weighted by Crippen LogP contribution is -2.44. The largest absolute Gasteiger partial charge is 0.285 e. The molecular weight excluding hydrogens is 320 g/mol. The number of hydrazine groups is 1. The number of amides is 1. The number of rotatable bonds is 8. The number of nitrogens with one attached hydrogen (secondary N) is 1. The zero-order chi connectivity index (χ0) is 18.0. The molecule has 0 spiro atoms. The molecule has 0 aliphatic rings. The second-order valence-corrected chi connectivity index (χ2v) is 6.27. The van der Waals surface area contributed by atoms with E-state index in [2.05, 4.69) is 29.7 Å². The molecule has 0 unspecified atom stereocenters. The highest BCUT2D eigenvalue weighted by molar-refractivity contribution is 5.93. The van der Waals surface area contributed by atoms with Crippen LogP contribution in [0.2, 0.25) is 0 Å². The van der Waals surface area contributed by atoms with Crippen LogP contribution in [0.5, 0.6) is 0 Å². The average Bonchev–Trinajstić information content (AvgIpc) is 2.72. The molecule has 1 N–H and O–H groups in total. The van der Waals surface area contributed by atoms with Crippen molar-refractivity contribution in [3.63, 3.8) is 0 Å². The molecule has 0 aliphatic heterocycles. The predicted molar refractivity (Wildman–Crippen MR) is 106 cm³/mol. The Bertz CT molecular complexity index is 745. The zero-order valence-electron chi connectivity index (χ0n) is 14.8. The van der Waals surface area contributed by atoms with Gasteiger partial charge in [0, 0.05) is 18.7 Å². The van der Waals surface area contributed by atoms with Gasteiger partial charge in [0.15, 0.2) is 0 Å². The zero-order valence-corrected chi connectivity index (χ0v) is 14.8.